The zero-order valence-electron chi connectivity index (χ0n) is 20.7. The second-order valence-electron chi connectivity index (χ2n) is 9.05. The second-order valence-corrected chi connectivity index (χ2v) is 9.05. The highest BCUT2D eigenvalue weighted by Gasteiger charge is 2.14. The average Bonchev–Trinajstić information content (AvgIpc) is 2.75. The lowest BCUT2D eigenvalue weighted by Gasteiger charge is -2.28. The molecule has 32 heavy (non-hydrogen) atoms. The molecular weight excluding hydrogens is 390 g/mol. The molecule has 170 valence electrons. The van der Waals surface area contributed by atoms with Gasteiger partial charge in [0.2, 0.25) is 0 Å². The summed E-state index contributed by atoms with van der Waals surface area (Å²) in [4.78, 5) is 7.30. The number of aryl methyl sites for hydroxylation is 1. The van der Waals surface area contributed by atoms with Crippen molar-refractivity contribution in [2.45, 2.75) is 59.9 Å². The van der Waals surface area contributed by atoms with Crippen molar-refractivity contribution in [3.63, 3.8) is 0 Å². The van der Waals surface area contributed by atoms with E-state index < -0.39 is 0 Å². The third kappa shape index (κ3) is 6.98. The van der Waals surface area contributed by atoms with E-state index in [4.69, 9.17) is 4.99 Å². The lowest BCUT2D eigenvalue weighted by molar-refractivity contribution is 0.634. The molecule has 0 unspecified atom stereocenters. The molecule has 3 heteroatoms. The van der Waals surface area contributed by atoms with Gasteiger partial charge in [-0.1, -0.05) is 50.8 Å². The van der Waals surface area contributed by atoms with Crippen molar-refractivity contribution in [3.05, 3.63) is 85.0 Å². The molecule has 0 heterocycles. The Hall–Kier alpha value is -3.07. The Morgan fingerprint density at radius 1 is 1.06 bits per heavy atom. The minimum atomic E-state index is 0.00929. The first-order valence-corrected chi connectivity index (χ1v) is 11.5. The summed E-state index contributed by atoms with van der Waals surface area (Å²) in [5, 5.41) is 3.59. The molecule has 3 nitrogen and oxygen atoms in total. The Morgan fingerprint density at radius 2 is 1.78 bits per heavy atom. The fraction of sp³-hybridized carbons (Fsp3) is 0.345. The largest absolute Gasteiger partial charge is 0.380 e. The average molecular weight is 430 g/mol. The zero-order chi connectivity index (χ0) is 23.7. The zero-order valence-corrected chi connectivity index (χ0v) is 20.7. The molecule has 2 aromatic rings. The summed E-state index contributed by atoms with van der Waals surface area (Å²) in [5.41, 5.74) is 7.34. The number of rotatable bonds is 10. The number of nitrogens with zero attached hydrogens (tertiary/aromatic N) is 2. The molecule has 0 spiro atoms. The van der Waals surface area contributed by atoms with Crippen molar-refractivity contribution in [2.75, 3.05) is 16.8 Å². The molecule has 2 rings (SSSR count). The first-order chi connectivity index (χ1) is 15.2. The van der Waals surface area contributed by atoms with Gasteiger partial charge in [-0.25, -0.2) is 4.99 Å². The van der Waals surface area contributed by atoms with Gasteiger partial charge in [0.15, 0.2) is 0 Å². The van der Waals surface area contributed by atoms with Crippen molar-refractivity contribution in [1.29, 1.82) is 0 Å². The molecule has 0 aliphatic rings. The number of unbranched alkanes of at least 4 members (excludes halogenated alkanes) is 1. The summed E-state index contributed by atoms with van der Waals surface area (Å²) in [6, 6.07) is 15.2. The Balaban J connectivity index is 2.53. The summed E-state index contributed by atoms with van der Waals surface area (Å²) >= 11 is 0. The van der Waals surface area contributed by atoms with E-state index in [9.17, 15) is 0 Å². The van der Waals surface area contributed by atoms with Gasteiger partial charge < -0.3 is 10.2 Å². The van der Waals surface area contributed by atoms with E-state index in [1.54, 1.807) is 6.08 Å². The van der Waals surface area contributed by atoms with Gasteiger partial charge in [0.05, 0.1) is 11.4 Å². The summed E-state index contributed by atoms with van der Waals surface area (Å²) in [5.74, 6) is 0. The lowest BCUT2D eigenvalue weighted by atomic mass is 10.1. The van der Waals surface area contributed by atoms with Crippen molar-refractivity contribution in [2.24, 2.45) is 4.99 Å². The fourth-order valence-corrected chi connectivity index (χ4v) is 3.52. The number of allylic oxidation sites excluding steroid dienone is 4. The van der Waals surface area contributed by atoms with Gasteiger partial charge in [-0.3, -0.25) is 0 Å². The van der Waals surface area contributed by atoms with Crippen LogP contribution in [0.1, 0.15) is 53.0 Å². The molecule has 0 aliphatic carbocycles. The molecular formula is C29H39N3. The van der Waals surface area contributed by atoms with Gasteiger partial charge in [0.25, 0.3) is 0 Å². The molecule has 0 saturated carbocycles. The van der Waals surface area contributed by atoms with E-state index in [-0.39, 0.29) is 5.54 Å². The summed E-state index contributed by atoms with van der Waals surface area (Å²) < 4.78 is 0. The molecule has 0 aromatic heterocycles. The van der Waals surface area contributed by atoms with E-state index in [1.165, 1.54) is 5.69 Å². The highest BCUT2D eigenvalue weighted by Crippen LogP contribution is 2.33. The molecule has 0 atom stereocenters. The smallest absolute Gasteiger partial charge is 0.0699 e. The number of aliphatic imine (C=N–C) groups is 1. The first kappa shape index (κ1) is 25.2. The summed E-state index contributed by atoms with van der Waals surface area (Å²) in [7, 11) is 0. The molecule has 2 aromatic carbocycles. The molecule has 0 amide bonds. The van der Waals surface area contributed by atoms with E-state index in [0.717, 1.165) is 53.3 Å². The fourth-order valence-electron chi connectivity index (χ4n) is 3.52. The van der Waals surface area contributed by atoms with Crippen LogP contribution in [-0.4, -0.2) is 17.8 Å². The number of hydrogen-bond donors (Lipinski definition) is 1. The predicted molar refractivity (Wildman–Crippen MR) is 144 cm³/mol. The van der Waals surface area contributed by atoms with Crippen LogP contribution in [-0.2, 0) is 0 Å². The maximum atomic E-state index is 4.92. The van der Waals surface area contributed by atoms with Crippen molar-refractivity contribution < 1.29 is 0 Å². The van der Waals surface area contributed by atoms with Gasteiger partial charge in [-0.05, 0) is 88.6 Å². The topological polar surface area (TPSA) is 27.6 Å². The SMILES string of the molecule is C=CC(=Nc1cc(N(CCCC)c2cccc(NC(C)(C)C)c2)ccc1C)/C(C=C)=C/C. The molecule has 0 aliphatic heterocycles. The molecule has 0 bridgehead atoms. The first-order valence-electron chi connectivity index (χ1n) is 11.5. The van der Waals surface area contributed by atoms with Gasteiger partial charge in [0.1, 0.15) is 0 Å². The quantitative estimate of drug-likeness (QED) is 0.303. The number of anilines is 3. The molecule has 0 fully saturated rings. The van der Waals surface area contributed by atoms with Crippen LogP contribution in [0.3, 0.4) is 0 Å². The van der Waals surface area contributed by atoms with Crippen molar-refractivity contribution in [3.8, 4) is 0 Å². The van der Waals surface area contributed by atoms with Crippen LogP contribution < -0.4 is 10.2 Å². The number of benzene rings is 2. The monoisotopic (exact) mass is 429 g/mol. The van der Waals surface area contributed by atoms with E-state index in [0.29, 0.717) is 0 Å². The van der Waals surface area contributed by atoms with E-state index in [2.05, 4.69) is 100 Å². The third-order valence-electron chi connectivity index (χ3n) is 5.18. The lowest BCUT2D eigenvalue weighted by Crippen LogP contribution is -2.26. The summed E-state index contributed by atoms with van der Waals surface area (Å²) in [6.07, 6.45) is 7.87. The van der Waals surface area contributed by atoms with Crippen LogP contribution in [0.4, 0.5) is 22.7 Å². The van der Waals surface area contributed by atoms with E-state index in [1.807, 2.05) is 19.1 Å². The highest BCUT2D eigenvalue weighted by molar-refractivity contribution is 6.11. The maximum Gasteiger partial charge on any atom is 0.0699 e. The van der Waals surface area contributed by atoms with E-state index >= 15 is 0 Å². The maximum absolute atomic E-state index is 4.92. The Morgan fingerprint density at radius 3 is 2.38 bits per heavy atom. The Kier molecular flexibility index (Phi) is 9.07. The van der Waals surface area contributed by atoms with Crippen LogP contribution >= 0.6 is 0 Å². The van der Waals surface area contributed by atoms with Crippen LogP contribution in [0, 0.1) is 6.92 Å². The van der Waals surface area contributed by atoms with Crippen LogP contribution in [0.15, 0.2) is 84.4 Å². The van der Waals surface area contributed by atoms with Gasteiger partial charge in [-0.2, -0.15) is 0 Å². The van der Waals surface area contributed by atoms with Gasteiger partial charge in [0, 0.05) is 29.1 Å². The highest BCUT2D eigenvalue weighted by atomic mass is 15.1. The standard InChI is InChI=1S/C29H39N3/c1-9-13-19-32(25-16-14-15-24(20-25)31-29(6,7)8)26-18-17-22(5)28(21-26)30-27(12-4)23(10-2)11-3/h10-12,14-18,20-21,31H,2,4,9,13,19H2,1,3,5-8H3/b23-11+,30-27?. The Labute approximate surface area is 195 Å². The Bertz CT molecular complexity index is 990. The van der Waals surface area contributed by atoms with Crippen molar-refractivity contribution >= 4 is 28.5 Å². The van der Waals surface area contributed by atoms with Crippen molar-refractivity contribution in [1.82, 2.24) is 0 Å². The van der Waals surface area contributed by atoms with Crippen LogP contribution in [0.25, 0.3) is 0 Å². The normalized spacial score (nSPS) is 12.4. The molecule has 1 N–H and O–H groups in total. The van der Waals surface area contributed by atoms with Gasteiger partial charge >= 0.3 is 0 Å². The minimum Gasteiger partial charge on any atom is -0.380 e. The molecule has 0 saturated heterocycles. The van der Waals surface area contributed by atoms with Crippen LogP contribution in [0.2, 0.25) is 0 Å². The third-order valence-corrected chi connectivity index (χ3v) is 5.18. The predicted octanol–water partition coefficient (Wildman–Crippen LogP) is 8.53. The van der Waals surface area contributed by atoms with Crippen LogP contribution in [0.5, 0.6) is 0 Å². The molecule has 0 radical (unpaired) electrons. The van der Waals surface area contributed by atoms with Gasteiger partial charge in [-0.15, -0.1) is 0 Å². The minimum absolute atomic E-state index is 0.00929. The number of hydrogen-bond acceptors (Lipinski definition) is 3. The summed E-state index contributed by atoms with van der Waals surface area (Å²) in [6.45, 7) is 21.7. The number of nitrogens with one attached hydrogen (secondary N) is 1. The second kappa shape index (κ2) is 11.5.